The van der Waals surface area contributed by atoms with E-state index in [1.54, 1.807) is 6.20 Å². The number of imidazole rings is 5. The van der Waals surface area contributed by atoms with Crippen molar-refractivity contribution < 1.29 is 101 Å². The second-order valence-corrected chi connectivity index (χ2v) is 38.5. The first kappa shape index (κ1) is 95.0. The number of para-hydroxylation sites is 1. The largest absolute Gasteiger partial charge is 0.351 e. The van der Waals surface area contributed by atoms with Crippen molar-refractivity contribution in [2.75, 3.05) is 0 Å². The molecule has 2 fully saturated rings. The van der Waals surface area contributed by atoms with E-state index in [0.717, 1.165) is 90.1 Å². The maximum atomic E-state index is 5.06. The van der Waals surface area contributed by atoms with E-state index >= 15 is 0 Å². The Balaban J connectivity index is 0.000000121. The number of aromatic nitrogens is 11. The summed E-state index contributed by atoms with van der Waals surface area (Å²) in [6.45, 7) is 22.4. The fraction of sp³-hybridized carbons (Fsp3) is 0.235. The predicted molar refractivity (Wildman–Crippen MR) is 531 cm³/mol. The second-order valence-electron chi connectivity index (χ2n) is 37.4. The van der Waals surface area contributed by atoms with Gasteiger partial charge < -0.3 is 27.2 Å². The molecule has 0 spiro atoms. The topological polar surface area (TPSA) is 99.9 Å². The van der Waals surface area contributed by atoms with Crippen molar-refractivity contribution >= 4 is 164 Å². The predicted octanol–water partition coefficient (Wildman–Crippen LogP) is 29.5. The standard InChI is InChI=1S/C30H29N2.C27H25N2.C26H25N2S.C16H12N3.C16H11N2.5Ir/c1-2-30(16-6-3-7-17-30)21-22-10-12-23(13-11-22)24-14-15-28-27(20-24)25-8-4-5-9-26(25)29-31-18-19-32(28)29;1-18-8-7-10-21-25(18)20-9-3-4-11-23(20)29-24-16-19(12-13-22(24)28-26(21)29)17-27(2)14-5-6-15-27;1-16-9-8-10-17(2)23(16)22-15-27-24-20-12-7-6-11-19(20)21-13-18(14-26(3,4)5)29-25(21)28(22)24;1-10-5-3-7-13-14(10)15-12(6-4-8-17-15)16-18-11(2)9-19(13)16;1-18-10-17-15-13-8-4-2-6-11(13)12-7-3-5-9-14(12)16(15)18;;;;;/h4-5,8,10-15,18-20H,2-3,6-7,16-17,21H2,1H3;3-4,7-9,11-13,16H,5-6,14-15,17H2,1-2H3;6-11,13,15H,14H2,1-5H3;3-5,7-9H,1-2H3;2-7,9-10H,1H3;;;;;/q5*-1;;;;;. The van der Waals surface area contributed by atoms with Crippen molar-refractivity contribution in [3.05, 3.63) is 336 Å². The van der Waals surface area contributed by atoms with Gasteiger partial charge in [0.05, 0.1) is 50.5 Å². The van der Waals surface area contributed by atoms with E-state index in [-0.39, 0.29) is 106 Å². The maximum absolute atomic E-state index is 5.06. The summed E-state index contributed by atoms with van der Waals surface area (Å²) in [6, 6.07) is 97.0. The van der Waals surface area contributed by atoms with Gasteiger partial charge in [-0.15, -0.1) is 136 Å². The SMILES string of the molecule is CCC1(Cc2ccc(-c3ccc4c(c3)c3ccc[c-]c3c3nccn43)cc2)CCCCC1.Cc1cc[c-]c2c1c1ccccc1n1c3cc(CC4(C)CCCC4)ccc3nc21.Cc1cccc(C)c1-c1cnc2c3[c-]cccc3c3cc(CC(C)(C)C)sc3n12.Cc1cn2c3cccc(C)c3c3ncc[c-]c3c2n1.Cn1cnc2c3[c-]cccc3c3ccccc3c21.[Ir].[Ir].[Ir].[Ir].[Ir]. The van der Waals surface area contributed by atoms with Crippen molar-refractivity contribution in [1.29, 1.82) is 0 Å². The van der Waals surface area contributed by atoms with Crippen LogP contribution < -0.4 is 0 Å². The minimum Gasteiger partial charge on any atom is -0.351 e. The Kier molecular flexibility index (Phi) is 28.1. The Morgan fingerprint density at radius 3 is 1.79 bits per heavy atom. The first-order valence-corrected chi connectivity index (χ1v) is 46.0. The molecule has 11 heterocycles. The van der Waals surface area contributed by atoms with Gasteiger partial charge in [0.1, 0.15) is 0 Å². The molecule has 12 aromatic carbocycles. The van der Waals surface area contributed by atoms with Crippen LogP contribution in [0.4, 0.5) is 0 Å². The Labute approximate surface area is 842 Å². The Morgan fingerprint density at radius 1 is 0.432 bits per heavy atom. The molecule has 0 saturated heterocycles. The average Bonchev–Trinajstić information content (AvgIpc) is 1.52. The first-order valence-electron chi connectivity index (χ1n) is 45.2. The molecule has 132 heavy (non-hydrogen) atoms. The van der Waals surface area contributed by atoms with E-state index in [4.69, 9.17) is 9.97 Å². The van der Waals surface area contributed by atoms with Gasteiger partial charge in [0.2, 0.25) is 0 Å². The number of thiophene rings is 1. The Bertz CT molecular complexity index is 8240. The van der Waals surface area contributed by atoms with Gasteiger partial charge in [0.25, 0.3) is 0 Å². The number of rotatable bonds is 8. The van der Waals surface area contributed by atoms with Crippen LogP contribution in [-0.2, 0) is 127 Å². The van der Waals surface area contributed by atoms with Crippen LogP contribution >= 0.6 is 11.3 Å². The van der Waals surface area contributed by atoms with Crippen molar-refractivity contribution in [2.45, 2.75) is 153 Å². The molecule has 0 N–H and O–H groups in total. The molecule has 25 rings (SSSR count). The minimum absolute atomic E-state index is 0. The quantitative estimate of drug-likeness (QED) is 0.111. The molecule has 0 atom stereocenters. The zero-order valence-electron chi connectivity index (χ0n) is 76.0. The summed E-state index contributed by atoms with van der Waals surface area (Å²) >= 11 is 1.90. The molecule has 2 aliphatic carbocycles. The van der Waals surface area contributed by atoms with Gasteiger partial charge in [0.15, 0.2) is 0 Å². The molecule has 673 valence electrons. The molecule has 11 aromatic heterocycles. The summed E-state index contributed by atoms with van der Waals surface area (Å²) in [7, 11) is 2.04. The molecular formula is C115H102Ir5N11S-5. The van der Waals surface area contributed by atoms with Crippen LogP contribution in [0, 0.1) is 81.2 Å². The zero-order valence-corrected chi connectivity index (χ0v) is 88.8. The van der Waals surface area contributed by atoms with Gasteiger partial charge in [0, 0.05) is 176 Å². The van der Waals surface area contributed by atoms with E-state index in [2.05, 4.69) is 329 Å². The van der Waals surface area contributed by atoms with Gasteiger partial charge in [-0.3, -0.25) is 24.9 Å². The normalized spacial score (nSPS) is 13.5. The molecule has 2 saturated carbocycles. The minimum atomic E-state index is 0. The van der Waals surface area contributed by atoms with Crippen molar-refractivity contribution in [3.63, 3.8) is 0 Å². The third-order valence-corrected chi connectivity index (χ3v) is 28.5. The molecule has 0 amide bonds. The molecule has 2 aliphatic rings. The van der Waals surface area contributed by atoms with Gasteiger partial charge in [-0.25, -0.2) is 0 Å². The van der Waals surface area contributed by atoms with Gasteiger partial charge in [-0.2, -0.15) is 0 Å². The summed E-state index contributed by atoms with van der Waals surface area (Å²) in [5, 5.41) is 17.8. The fourth-order valence-electron chi connectivity index (χ4n) is 21.3. The van der Waals surface area contributed by atoms with Crippen molar-refractivity contribution in [1.82, 2.24) is 52.1 Å². The van der Waals surface area contributed by atoms with Gasteiger partial charge >= 0.3 is 0 Å². The Hall–Kier alpha value is -10.2. The smallest absolute Gasteiger partial charge is 0.0914 e. The third kappa shape index (κ3) is 17.5. The summed E-state index contributed by atoms with van der Waals surface area (Å²) in [4.78, 5) is 30.9. The van der Waals surface area contributed by atoms with Crippen LogP contribution in [0.25, 0.3) is 175 Å². The maximum Gasteiger partial charge on any atom is 0.0914 e. The van der Waals surface area contributed by atoms with Crippen LogP contribution in [0.2, 0.25) is 0 Å². The monoisotopic (exact) mass is 2630 g/mol. The number of hydrogen-bond acceptors (Lipinski definition) is 7. The Morgan fingerprint density at radius 2 is 1.05 bits per heavy atom. The van der Waals surface area contributed by atoms with Gasteiger partial charge in [-0.05, 0) is 197 Å². The van der Waals surface area contributed by atoms with Crippen LogP contribution in [0.5, 0.6) is 0 Å². The molecule has 0 unspecified atom stereocenters. The third-order valence-electron chi connectivity index (χ3n) is 27.4. The van der Waals surface area contributed by atoms with E-state index in [9.17, 15) is 0 Å². The summed E-state index contributed by atoms with van der Waals surface area (Å²) < 4.78 is 11.1. The second kappa shape index (κ2) is 39.0. The van der Waals surface area contributed by atoms with E-state index in [0.29, 0.717) is 10.8 Å². The van der Waals surface area contributed by atoms with Crippen molar-refractivity contribution in [3.8, 4) is 22.4 Å². The number of nitrogens with zero attached hydrogens (tertiary/aromatic N) is 11. The molecular weight excluding hydrogens is 2530 g/mol. The number of hydrogen-bond donors (Lipinski definition) is 0. The van der Waals surface area contributed by atoms with E-state index < -0.39 is 0 Å². The van der Waals surface area contributed by atoms with E-state index in [1.807, 2.05) is 86.6 Å². The van der Waals surface area contributed by atoms with Crippen LogP contribution in [0.1, 0.15) is 143 Å². The van der Waals surface area contributed by atoms with Gasteiger partial charge in [-0.1, -0.05) is 239 Å². The number of aryl methyl sites for hydroxylation is 6. The zero-order chi connectivity index (χ0) is 86.6. The number of fused-ring (bicyclic) bond motifs is 32. The summed E-state index contributed by atoms with van der Waals surface area (Å²) in [5.41, 5.74) is 28.2. The summed E-state index contributed by atoms with van der Waals surface area (Å²) in [6.07, 6.45) is 28.9. The molecule has 5 radical (unpaired) electrons. The molecule has 23 aromatic rings. The molecule has 0 bridgehead atoms. The number of benzene rings is 12. The van der Waals surface area contributed by atoms with E-state index in [1.165, 1.54) is 212 Å². The average molecular weight is 2630 g/mol. The fourth-order valence-corrected chi connectivity index (χ4v) is 22.7. The summed E-state index contributed by atoms with van der Waals surface area (Å²) in [5.74, 6) is 0. The molecule has 11 nitrogen and oxygen atoms in total. The van der Waals surface area contributed by atoms with Crippen LogP contribution in [0.3, 0.4) is 0 Å². The van der Waals surface area contributed by atoms with Crippen LogP contribution in [0.15, 0.2) is 262 Å². The first-order chi connectivity index (χ1) is 61.8. The number of pyridine rings is 5. The van der Waals surface area contributed by atoms with Crippen LogP contribution in [-0.4, -0.2) is 52.1 Å². The molecule has 17 heteroatoms. The molecule has 0 aliphatic heterocycles. The van der Waals surface area contributed by atoms with Crippen molar-refractivity contribution in [2.24, 2.45) is 23.3 Å².